The van der Waals surface area contributed by atoms with Crippen molar-refractivity contribution in [2.45, 2.75) is 272 Å². The molecular weight excluding hydrogens is 699 g/mol. The van der Waals surface area contributed by atoms with Gasteiger partial charge in [-0.15, -0.1) is 0 Å². The molecule has 0 amide bonds. The maximum Gasteiger partial charge on any atom is 0.306 e. The van der Waals surface area contributed by atoms with Crippen molar-refractivity contribution in [3.63, 3.8) is 0 Å². The van der Waals surface area contributed by atoms with Crippen molar-refractivity contribution in [1.82, 2.24) is 0 Å². The normalized spacial score (nSPS) is 11.8. The zero-order valence-corrected chi connectivity index (χ0v) is 38.0. The molecular formula is C49H95NO6. The fraction of sp³-hybridized carbons (Fsp3) is 0.898. The second kappa shape index (κ2) is 47.5. The van der Waals surface area contributed by atoms with Gasteiger partial charge in [-0.25, -0.2) is 0 Å². The summed E-state index contributed by atoms with van der Waals surface area (Å²) >= 11 is 0. The molecule has 0 rings (SSSR count). The number of allylic oxidation sites excluding steroid dienone is 1. The molecule has 2 N–H and O–H groups in total. The number of carbonyl (C=O) groups excluding carboxylic acids is 3. The first kappa shape index (κ1) is 56.2. The highest BCUT2D eigenvalue weighted by Crippen LogP contribution is 2.19. The first-order valence-electron chi connectivity index (χ1n) is 24.3. The average Bonchev–Trinajstić information content (AvgIpc) is 3.19. The lowest BCUT2D eigenvalue weighted by molar-refractivity contribution is -0.151. The Bertz CT molecular complexity index is 846. The Morgan fingerprint density at radius 3 is 1.25 bits per heavy atom. The second-order valence-corrected chi connectivity index (χ2v) is 16.1. The van der Waals surface area contributed by atoms with Crippen LogP contribution < -0.4 is 5.73 Å². The topological polar surface area (TPSA) is 105 Å². The van der Waals surface area contributed by atoms with Gasteiger partial charge in [0.25, 0.3) is 0 Å². The lowest BCUT2D eigenvalue weighted by atomic mass is 10.0. The molecule has 0 aromatic rings. The summed E-state index contributed by atoms with van der Waals surface area (Å²) in [5.74, 6) is -0.192. The van der Waals surface area contributed by atoms with Gasteiger partial charge in [-0.05, 0) is 83.6 Å². The minimum Gasteiger partial charge on any atom is -0.462 e. The second-order valence-electron chi connectivity index (χ2n) is 16.1. The molecule has 0 spiro atoms. The van der Waals surface area contributed by atoms with Crippen LogP contribution >= 0.6 is 0 Å². The van der Waals surface area contributed by atoms with E-state index in [-0.39, 0.29) is 30.1 Å². The first-order valence-corrected chi connectivity index (χ1v) is 24.3. The number of hydrogen-bond acceptors (Lipinski definition) is 7. The number of esters is 3. The maximum atomic E-state index is 12.5. The highest BCUT2D eigenvalue weighted by Gasteiger charge is 2.15. The molecule has 0 saturated carbocycles. The Labute approximate surface area is 348 Å². The minimum absolute atomic E-state index is 0.0148. The first-order chi connectivity index (χ1) is 27.4. The Morgan fingerprint density at radius 2 is 0.768 bits per heavy atom. The summed E-state index contributed by atoms with van der Waals surface area (Å²) in [6.45, 7) is 12.0. The van der Waals surface area contributed by atoms with E-state index in [9.17, 15) is 14.4 Å². The van der Waals surface area contributed by atoms with E-state index in [2.05, 4.69) is 40.7 Å². The van der Waals surface area contributed by atoms with Crippen molar-refractivity contribution in [2.75, 3.05) is 13.2 Å². The minimum atomic E-state index is -0.101. The van der Waals surface area contributed by atoms with Crippen LogP contribution in [0.25, 0.3) is 0 Å². The SMILES string of the molecule is CCCCCC(CCCC)OC(=O)CCCN.CCCCCC/C=C\COC(=O)CCCCCCCC(=O)OC(CCCCCCCC)CCCCCCCC. The Morgan fingerprint density at radius 1 is 0.411 bits per heavy atom. The summed E-state index contributed by atoms with van der Waals surface area (Å²) in [5.41, 5.74) is 5.38. The molecule has 332 valence electrons. The van der Waals surface area contributed by atoms with Crippen LogP contribution in [0.1, 0.15) is 259 Å². The predicted molar refractivity (Wildman–Crippen MR) is 239 cm³/mol. The summed E-state index contributed by atoms with van der Waals surface area (Å²) in [7, 11) is 0. The molecule has 0 saturated heterocycles. The number of rotatable bonds is 41. The molecule has 1 atom stereocenters. The Balaban J connectivity index is 0. The van der Waals surface area contributed by atoms with Gasteiger partial charge < -0.3 is 19.9 Å². The number of unbranched alkanes of at least 4 members (excludes halogenated alkanes) is 21. The third-order valence-electron chi connectivity index (χ3n) is 10.4. The highest BCUT2D eigenvalue weighted by atomic mass is 16.5. The molecule has 0 radical (unpaired) electrons. The summed E-state index contributed by atoms with van der Waals surface area (Å²) in [5, 5.41) is 0. The van der Waals surface area contributed by atoms with E-state index in [4.69, 9.17) is 19.9 Å². The van der Waals surface area contributed by atoms with Crippen LogP contribution in [0.3, 0.4) is 0 Å². The molecule has 0 aromatic heterocycles. The number of nitrogens with two attached hydrogens (primary N) is 1. The summed E-state index contributed by atoms with van der Waals surface area (Å²) in [6.07, 6.45) is 42.8. The molecule has 0 heterocycles. The summed E-state index contributed by atoms with van der Waals surface area (Å²) < 4.78 is 16.7. The number of ether oxygens (including phenoxy) is 3. The van der Waals surface area contributed by atoms with Crippen molar-refractivity contribution < 1.29 is 28.6 Å². The Kier molecular flexibility index (Phi) is 47.7. The van der Waals surface area contributed by atoms with Gasteiger partial charge in [-0.2, -0.15) is 0 Å². The number of hydrogen-bond donors (Lipinski definition) is 1. The van der Waals surface area contributed by atoms with Gasteiger partial charge in [0.2, 0.25) is 0 Å². The van der Waals surface area contributed by atoms with Crippen molar-refractivity contribution in [1.29, 1.82) is 0 Å². The van der Waals surface area contributed by atoms with Gasteiger partial charge in [-0.1, -0.05) is 175 Å². The van der Waals surface area contributed by atoms with Gasteiger partial charge in [0.05, 0.1) is 0 Å². The van der Waals surface area contributed by atoms with Crippen LogP contribution in [0.4, 0.5) is 0 Å². The predicted octanol–water partition coefficient (Wildman–Crippen LogP) is 14.6. The van der Waals surface area contributed by atoms with E-state index in [1.54, 1.807) is 0 Å². The fourth-order valence-electron chi connectivity index (χ4n) is 6.78. The monoisotopic (exact) mass is 794 g/mol. The molecule has 7 nitrogen and oxygen atoms in total. The fourth-order valence-corrected chi connectivity index (χ4v) is 6.78. The lowest BCUT2D eigenvalue weighted by Crippen LogP contribution is -2.19. The number of carbonyl (C=O) groups is 3. The van der Waals surface area contributed by atoms with Gasteiger partial charge >= 0.3 is 17.9 Å². The largest absolute Gasteiger partial charge is 0.462 e. The molecule has 0 aliphatic rings. The van der Waals surface area contributed by atoms with Gasteiger partial charge in [0.15, 0.2) is 0 Å². The molecule has 0 fully saturated rings. The van der Waals surface area contributed by atoms with E-state index in [0.29, 0.717) is 32.4 Å². The van der Waals surface area contributed by atoms with E-state index >= 15 is 0 Å². The van der Waals surface area contributed by atoms with Crippen LogP contribution in [0.5, 0.6) is 0 Å². The Hall–Kier alpha value is -1.89. The van der Waals surface area contributed by atoms with E-state index in [1.165, 1.54) is 116 Å². The van der Waals surface area contributed by atoms with Crippen LogP contribution in [0.2, 0.25) is 0 Å². The lowest BCUT2D eigenvalue weighted by Gasteiger charge is -2.18. The standard InChI is InChI=1S/C35H66O4.C14H29NO2/c1-4-7-10-13-16-22-27-32-38-34(36)30-25-20-17-21-26-31-35(37)39-33(28-23-18-14-11-8-5-2)29-24-19-15-12-9-6-3;1-3-5-7-10-13(9-6-4-2)17-14(16)11-8-12-15/h22,27,33H,4-21,23-26,28-32H2,1-3H3;13H,3-12,15H2,1-2H3/b27-22-;. The van der Waals surface area contributed by atoms with Crippen molar-refractivity contribution >= 4 is 17.9 Å². The van der Waals surface area contributed by atoms with Crippen molar-refractivity contribution in [3.8, 4) is 0 Å². The van der Waals surface area contributed by atoms with E-state index < -0.39 is 0 Å². The van der Waals surface area contributed by atoms with Gasteiger partial charge in [0.1, 0.15) is 18.8 Å². The molecule has 7 heteroatoms. The van der Waals surface area contributed by atoms with Crippen LogP contribution in [-0.4, -0.2) is 43.3 Å². The molecule has 0 aliphatic carbocycles. The van der Waals surface area contributed by atoms with Crippen molar-refractivity contribution in [3.05, 3.63) is 12.2 Å². The molecule has 0 aliphatic heterocycles. The van der Waals surface area contributed by atoms with Crippen LogP contribution in [0, 0.1) is 0 Å². The molecule has 0 aromatic carbocycles. The smallest absolute Gasteiger partial charge is 0.306 e. The van der Waals surface area contributed by atoms with E-state index in [0.717, 1.165) is 89.9 Å². The van der Waals surface area contributed by atoms with Crippen molar-refractivity contribution in [2.24, 2.45) is 5.73 Å². The average molecular weight is 794 g/mol. The third kappa shape index (κ3) is 44.8. The summed E-state index contributed by atoms with van der Waals surface area (Å²) in [4.78, 5) is 35.9. The van der Waals surface area contributed by atoms with Crippen LogP contribution in [-0.2, 0) is 28.6 Å². The zero-order valence-electron chi connectivity index (χ0n) is 38.0. The van der Waals surface area contributed by atoms with Crippen LogP contribution in [0.15, 0.2) is 12.2 Å². The summed E-state index contributed by atoms with van der Waals surface area (Å²) in [6, 6.07) is 0. The third-order valence-corrected chi connectivity index (χ3v) is 10.4. The maximum absolute atomic E-state index is 12.5. The molecule has 1 unspecified atom stereocenters. The van der Waals surface area contributed by atoms with Gasteiger partial charge in [-0.3, -0.25) is 14.4 Å². The quantitative estimate of drug-likeness (QED) is 0.0284. The zero-order chi connectivity index (χ0) is 41.6. The van der Waals surface area contributed by atoms with E-state index in [1.807, 2.05) is 6.08 Å². The molecule has 56 heavy (non-hydrogen) atoms. The molecule has 0 bridgehead atoms. The van der Waals surface area contributed by atoms with Gasteiger partial charge in [0, 0.05) is 19.3 Å². The highest BCUT2D eigenvalue weighted by molar-refractivity contribution is 5.70.